The number of nitrogens with two attached hydrogens (primary N) is 1. The van der Waals surface area contributed by atoms with Gasteiger partial charge in [0, 0.05) is 22.5 Å². The molecule has 0 spiro atoms. The standard InChI is InChI=1S/C15H12ClN3/c16-13-6-4-11(5-7-13)12-9-18-19(10-12)15-3-1-2-14(17)8-15/h1-10H,17H2. The lowest BCUT2D eigenvalue weighted by Gasteiger charge is -2.01. The summed E-state index contributed by atoms with van der Waals surface area (Å²) < 4.78 is 1.81. The number of rotatable bonds is 2. The third kappa shape index (κ3) is 2.46. The molecule has 0 aliphatic heterocycles. The lowest BCUT2D eigenvalue weighted by molar-refractivity contribution is 0.881. The molecule has 1 heterocycles. The summed E-state index contributed by atoms with van der Waals surface area (Å²) in [7, 11) is 0. The van der Waals surface area contributed by atoms with Gasteiger partial charge in [0.15, 0.2) is 0 Å². The van der Waals surface area contributed by atoms with Crippen molar-refractivity contribution < 1.29 is 0 Å². The van der Waals surface area contributed by atoms with Crippen molar-refractivity contribution in [2.75, 3.05) is 5.73 Å². The number of hydrogen-bond acceptors (Lipinski definition) is 2. The molecular weight excluding hydrogens is 258 g/mol. The van der Waals surface area contributed by atoms with Crippen molar-refractivity contribution in [2.45, 2.75) is 0 Å². The smallest absolute Gasteiger partial charge is 0.0666 e. The summed E-state index contributed by atoms with van der Waals surface area (Å²) in [5.41, 5.74) is 9.57. The molecule has 0 fully saturated rings. The maximum absolute atomic E-state index is 5.88. The highest BCUT2D eigenvalue weighted by Gasteiger charge is 2.03. The summed E-state index contributed by atoms with van der Waals surface area (Å²) in [5.74, 6) is 0. The number of hydrogen-bond donors (Lipinski definition) is 1. The molecule has 0 unspecified atom stereocenters. The highest BCUT2D eigenvalue weighted by Crippen LogP contribution is 2.22. The van der Waals surface area contributed by atoms with E-state index < -0.39 is 0 Å². The second kappa shape index (κ2) is 4.78. The first-order valence-corrected chi connectivity index (χ1v) is 6.27. The lowest BCUT2D eigenvalue weighted by atomic mass is 10.1. The molecule has 2 aromatic carbocycles. The van der Waals surface area contributed by atoms with Gasteiger partial charge in [-0.05, 0) is 35.9 Å². The van der Waals surface area contributed by atoms with Crippen LogP contribution in [0.25, 0.3) is 16.8 Å². The molecule has 19 heavy (non-hydrogen) atoms. The second-order valence-electron chi connectivity index (χ2n) is 4.28. The van der Waals surface area contributed by atoms with Crippen molar-refractivity contribution in [1.82, 2.24) is 9.78 Å². The van der Waals surface area contributed by atoms with E-state index in [1.165, 1.54) is 0 Å². The summed E-state index contributed by atoms with van der Waals surface area (Å²) in [4.78, 5) is 0. The molecule has 3 aromatic rings. The van der Waals surface area contributed by atoms with Crippen molar-refractivity contribution in [1.29, 1.82) is 0 Å². The molecule has 0 amide bonds. The van der Waals surface area contributed by atoms with Gasteiger partial charge < -0.3 is 5.73 Å². The molecule has 0 saturated heterocycles. The summed E-state index contributed by atoms with van der Waals surface area (Å²) in [5, 5.41) is 5.08. The quantitative estimate of drug-likeness (QED) is 0.720. The molecule has 4 heteroatoms. The summed E-state index contributed by atoms with van der Waals surface area (Å²) in [6.45, 7) is 0. The van der Waals surface area contributed by atoms with E-state index in [1.807, 2.05) is 60.9 Å². The minimum absolute atomic E-state index is 0.723. The van der Waals surface area contributed by atoms with Crippen LogP contribution < -0.4 is 5.73 Å². The third-order valence-corrected chi connectivity index (χ3v) is 3.15. The molecule has 3 rings (SSSR count). The number of nitrogens with zero attached hydrogens (tertiary/aromatic N) is 2. The molecule has 0 aliphatic rings. The zero-order valence-electron chi connectivity index (χ0n) is 10.1. The van der Waals surface area contributed by atoms with Gasteiger partial charge in [-0.1, -0.05) is 29.8 Å². The molecule has 1 aromatic heterocycles. The van der Waals surface area contributed by atoms with E-state index in [1.54, 1.807) is 4.68 Å². The van der Waals surface area contributed by atoms with Gasteiger partial charge in [0.25, 0.3) is 0 Å². The Morgan fingerprint density at radius 3 is 2.53 bits per heavy atom. The largest absolute Gasteiger partial charge is 0.399 e. The molecule has 94 valence electrons. The van der Waals surface area contributed by atoms with Gasteiger partial charge in [0.05, 0.1) is 11.9 Å². The number of anilines is 1. The Balaban J connectivity index is 1.97. The van der Waals surface area contributed by atoms with Crippen LogP contribution in [0.4, 0.5) is 5.69 Å². The molecule has 0 atom stereocenters. The average Bonchev–Trinajstić information content (AvgIpc) is 2.89. The first-order chi connectivity index (χ1) is 9.22. The predicted octanol–water partition coefficient (Wildman–Crippen LogP) is 3.77. The van der Waals surface area contributed by atoms with Gasteiger partial charge in [-0.15, -0.1) is 0 Å². The third-order valence-electron chi connectivity index (χ3n) is 2.89. The van der Waals surface area contributed by atoms with Crippen molar-refractivity contribution in [3.63, 3.8) is 0 Å². The van der Waals surface area contributed by atoms with Crippen molar-refractivity contribution >= 4 is 17.3 Å². The van der Waals surface area contributed by atoms with E-state index in [0.29, 0.717) is 0 Å². The van der Waals surface area contributed by atoms with Crippen molar-refractivity contribution in [2.24, 2.45) is 0 Å². The van der Waals surface area contributed by atoms with Crippen LogP contribution in [-0.4, -0.2) is 9.78 Å². The fourth-order valence-electron chi connectivity index (χ4n) is 1.92. The van der Waals surface area contributed by atoms with Crippen molar-refractivity contribution in [3.8, 4) is 16.8 Å². The van der Waals surface area contributed by atoms with Gasteiger partial charge in [-0.25, -0.2) is 4.68 Å². The van der Waals surface area contributed by atoms with E-state index in [4.69, 9.17) is 17.3 Å². The van der Waals surface area contributed by atoms with Crippen LogP contribution in [0.15, 0.2) is 60.9 Å². The maximum Gasteiger partial charge on any atom is 0.0666 e. The van der Waals surface area contributed by atoms with Gasteiger partial charge in [0.1, 0.15) is 0 Å². The summed E-state index contributed by atoms with van der Waals surface area (Å²) in [6, 6.07) is 15.3. The van der Waals surface area contributed by atoms with Crippen LogP contribution in [0.3, 0.4) is 0 Å². The second-order valence-corrected chi connectivity index (χ2v) is 4.71. The lowest BCUT2D eigenvalue weighted by Crippen LogP contribution is -1.95. The Kier molecular flexibility index (Phi) is 2.97. The van der Waals surface area contributed by atoms with E-state index in [-0.39, 0.29) is 0 Å². The van der Waals surface area contributed by atoms with Crippen molar-refractivity contribution in [3.05, 3.63) is 65.9 Å². The van der Waals surface area contributed by atoms with Gasteiger partial charge >= 0.3 is 0 Å². The van der Waals surface area contributed by atoms with E-state index in [0.717, 1.165) is 27.5 Å². The Labute approximate surface area is 116 Å². The van der Waals surface area contributed by atoms with Crippen LogP contribution in [0.2, 0.25) is 5.02 Å². The van der Waals surface area contributed by atoms with Gasteiger partial charge in [-0.2, -0.15) is 5.10 Å². The number of nitrogen functional groups attached to an aromatic ring is 1. The molecule has 0 aliphatic carbocycles. The Morgan fingerprint density at radius 2 is 1.79 bits per heavy atom. The van der Waals surface area contributed by atoms with Crippen LogP contribution >= 0.6 is 11.6 Å². The number of halogens is 1. The Hall–Kier alpha value is -2.26. The predicted molar refractivity (Wildman–Crippen MR) is 78.4 cm³/mol. The average molecular weight is 270 g/mol. The minimum Gasteiger partial charge on any atom is -0.399 e. The van der Waals surface area contributed by atoms with Gasteiger partial charge in [-0.3, -0.25) is 0 Å². The first kappa shape index (κ1) is 11.8. The maximum atomic E-state index is 5.88. The molecule has 0 radical (unpaired) electrons. The fraction of sp³-hybridized carbons (Fsp3) is 0. The first-order valence-electron chi connectivity index (χ1n) is 5.89. The number of aromatic nitrogens is 2. The topological polar surface area (TPSA) is 43.8 Å². The van der Waals surface area contributed by atoms with Crippen LogP contribution in [0, 0.1) is 0 Å². The van der Waals surface area contributed by atoms with Crippen LogP contribution in [0.1, 0.15) is 0 Å². The molecule has 0 saturated carbocycles. The number of benzene rings is 2. The molecular formula is C15H12ClN3. The van der Waals surface area contributed by atoms with Crippen LogP contribution in [0.5, 0.6) is 0 Å². The highest BCUT2D eigenvalue weighted by molar-refractivity contribution is 6.30. The summed E-state index contributed by atoms with van der Waals surface area (Å²) >= 11 is 5.88. The molecule has 3 nitrogen and oxygen atoms in total. The fourth-order valence-corrected chi connectivity index (χ4v) is 2.05. The molecule has 2 N–H and O–H groups in total. The normalized spacial score (nSPS) is 10.6. The Bertz CT molecular complexity index is 701. The SMILES string of the molecule is Nc1cccc(-n2cc(-c3ccc(Cl)cc3)cn2)c1. The summed E-state index contributed by atoms with van der Waals surface area (Å²) in [6.07, 6.45) is 3.80. The van der Waals surface area contributed by atoms with E-state index >= 15 is 0 Å². The monoisotopic (exact) mass is 269 g/mol. The highest BCUT2D eigenvalue weighted by atomic mass is 35.5. The zero-order valence-corrected chi connectivity index (χ0v) is 10.9. The van der Waals surface area contributed by atoms with Crippen LogP contribution in [-0.2, 0) is 0 Å². The van der Waals surface area contributed by atoms with E-state index in [9.17, 15) is 0 Å². The zero-order chi connectivity index (χ0) is 13.2. The van der Waals surface area contributed by atoms with Gasteiger partial charge in [0.2, 0.25) is 0 Å². The molecule has 0 bridgehead atoms. The minimum atomic E-state index is 0.723. The van der Waals surface area contributed by atoms with E-state index in [2.05, 4.69) is 5.10 Å². The Morgan fingerprint density at radius 1 is 1.00 bits per heavy atom.